The Morgan fingerprint density at radius 2 is 2.18 bits per heavy atom. The Morgan fingerprint density at radius 3 is 2.82 bits per heavy atom. The maximum absolute atomic E-state index is 11.4. The molecule has 0 heterocycles. The molecule has 2 N–H and O–H groups in total. The summed E-state index contributed by atoms with van der Waals surface area (Å²) in [6.07, 6.45) is 0.442. The van der Waals surface area contributed by atoms with Crippen LogP contribution in [-0.2, 0) is 4.79 Å². The van der Waals surface area contributed by atoms with Gasteiger partial charge in [0.15, 0.2) is 0 Å². The Morgan fingerprint density at radius 1 is 1.47 bits per heavy atom. The summed E-state index contributed by atoms with van der Waals surface area (Å²) in [5.74, 6) is 0.0469. The second-order valence-electron chi connectivity index (χ2n) is 4.02. The third-order valence-electron chi connectivity index (χ3n) is 2.05. The molecule has 0 fully saturated rings. The first-order valence-corrected chi connectivity index (χ1v) is 6.64. The topological polar surface area (TPSA) is 41.1 Å². The van der Waals surface area contributed by atoms with Crippen molar-refractivity contribution in [1.82, 2.24) is 5.32 Å². The molecule has 0 unspecified atom stereocenters. The maximum atomic E-state index is 11.4. The van der Waals surface area contributed by atoms with Gasteiger partial charge in [0, 0.05) is 34.2 Å². The minimum Gasteiger partial charge on any atom is -0.384 e. The quantitative estimate of drug-likeness (QED) is 0.873. The van der Waals surface area contributed by atoms with Crippen LogP contribution in [0.2, 0.25) is 5.02 Å². The fourth-order valence-corrected chi connectivity index (χ4v) is 1.90. The molecule has 0 saturated carbocycles. The summed E-state index contributed by atoms with van der Waals surface area (Å²) in [7, 11) is 0. The summed E-state index contributed by atoms with van der Waals surface area (Å²) in [5.41, 5.74) is 0.898. The molecule has 5 heteroatoms. The minimum absolute atomic E-state index is 0.0469. The molecule has 0 aromatic heterocycles. The van der Waals surface area contributed by atoms with Gasteiger partial charge in [0.1, 0.15) is 0 Å². The predicted molar refractivity (Wildman–Crippen MR) is 75.5 cm³/mol. The van der Waals surface area contributed by atoms with Gasteiger partial charge in [-0.2, -0.15) is 0 Å². The van der Waals surface area contributed by atoms with Gasteiger partial charge in [0.05, 0.1) is 0 Å². The Bertz CT molecular complexity index is 396. The largest absolute Gasteiger partial charge is 0.384 e. The highest BCUT2D eigenvalue weighted by atomic mass is 79.9. The molecule has 0 aliphatic carbocycles. The van der Waals surface area contributed by atoms with Crippen molar-refractivity contribution in [3.05, 3.63) is 27.7 Å². The minimum atomic E-state index is 0.0469. The van der Waals surface area contributed by atoms with E-state index in [2.05, 4.69) is 26.6 Å². The zero-order valence-electron chi connectivity index (χ0n) is 9.89. The van der Waals surface area contributed by atoms with E-state index in [1.165, 1.54) is 0 Å². The van der Waals surface area contributed by atoms with Crippen molar-refractivity contribution in [2.45, 2.75) is 26.3 Å². The van der Waals surface area contributed by atoms with Gasteiger partial charge in [-0.05, 0) is 48.0 Å². The fraction of sp³-hybridized carbons (Fsp3) is 0.417. The molecule has 0 atom stereocenters. The average Bonchev–Trinajstić information content (AvgIpc) is 2.22. The van der Waals surface area contributed by atoms with E-state index in [-0.39, 0.29) is 11.9 Å². The lowest BCUT2D eigenvalue weighted by Crippen LogP contribution is -2.31. The number of rotatable bonds is 5. The van der Waals surface area contributed by atoms with Gasteiger partial charge in [-0.3, -0.25) is 4.79 Å². The van der Waals surface area contributed by atoms with Crippen LogP contribution in [0.3, 0.4) is 0 Å². The lowest BCUT2D eigenvalue weighted by atomic mass is 10.3. The van der Waals surface area contributed by atoms with Crippen molar-refractivity contribution in [2.75, 3.05) is 11.9 Å². The first-order chi connectivity index (χ1) is 7.99. The highest BCUT2D eigenvalue weighted by molar-refractivity contribution is 9.10. The van der Waals surface area contributed by atoms with Crippen LogP contribution in [0.25, 0.3) is 0 Å². The van der Waals surface area contributed by atoms with Crippen LogP contribution in [0, 0.1) is 0 Å². The van der Waals surface area contributed by atoms with E-state index in [9.17, 15) is 4.79 Å². The van der Waals surface area contributed by atoms with Crippen LogP contribution in [0.4, 0.5) is 5.69 Å². The van der Waals surface area contributed by atoms with Crippen LogP contribution in [0.1, 0.15) is 20.3 Å². The van der Waals surface area contributed by atoms with E-state index in [1.54, 1.807) is 0 Å². The first-order valence-electron chi connectivity index (χ1n) is 5.47. The molecule has 94 valence electrons. The van der Waals surface area contributed by atoms with Crippen LogP contribution in [0.5, 0.6) is 0 Å². The summed E-state index contributed by atoms with van der Waals surface area (Å²) >= 11 is 9.30. The zero-order chi connectivity index (χ0) is 12.8. The number of nitrogens with one attached hydrogen (secondary N) is 2. The summed E-state index contributed by atoms with van der Waals surface area (Å²) in [6, 6.07) is 5.69. The van der Waals surface area contributed by atoms with Crippen LogP contribution < -0.4 is 10.6 Å². The standard InChI is InChI=1S/C12H16BrClN2O/c1-8(2)16-12(17)5-6-15-11-7-9(14)3-4-10(11)13/h3-4,7-8,15H,5-6H2,1-2H3,(H,16,17). The predicted octanol–water partition coefficient (Wildman–Crippen LogP) is 3.43. The molecule has 0 aliphatic rings. The second kappa shape index (κ2) is 6.87. The molecule has 1 rings (SSSR count). The third kappa shape index (κ3) is 5.41. The van der Waals surface area contributed by atoms with Gasteiger partial charge in [-0.15, -0.1) is 0 Å². The van der Waals surface area contributed by atoms with Crippen LogP contribution in [0.15, 0.2) is 22.7 Å². The number of amides is 1. The molecule has 0 bridgehead atoms. The Hall–Kier alpha value is -0.740. The molecule has 1 aromatic carbocycles. The fourth-order valence-electron chi connectivity index (χ4n) is 1.34. The highest BCUT2D eigenvalue weighted by Crippen LogP contribution is 2.25. The third-order valence-corrected chi connectivity index (χ3v) is 2.97. The second-order valence-corrected chi connectivity index (χ2v) is 5.31. The van der Waals surface area contributed by atoms with Crippen molar-refractivity contribution in [3.8, 4) is 0 Å². The normalized spacial score (nSPS) is 10.4. The number of anilines is 1. The van der Waals surface area contributed by atoms with Crippen LogP contribution >= 0.6 is 27.5 Å². The number of benzene rings is 1. The monoisotopic (exact) mass is 318 g/mol. The van der Waals surface area contributed by atoms with Crippen molar-refractivity contribution in [3.63, 3.8) is 0 Å². The maximum Gasteiger partial charge on any atom is 0.221 e. The Balaban J connectivity index is 2.40. The number of hydrogen-bond acceptors (Lipinski definition) is 2. The molecule has 1 aromatic rings. The molecule has 0 radical (unpaired) electrons. The Labute approximate surface area is 115 Å². The van der Waals surface area contributed by atoms with E-state index >= 15 is 0 Å². The molecule has 3 nitrogen and oxygen atoms in total. The van der Waals surface area contributed by atoms with Crippen molar-refractivity contribution >= 4 is 39.1 Å². The van der Waals surface area contributed by atoms with Gasteiger partial charge in [-0.1, -0.05) is 11.6 Å². The molecule has 17 heavy (non-hydrogen) atoms. The van der Waals surface area contributed by atoms with Crippen molar-refractivity contribution in [2.24, 2.45) is 0 Å². The molecule has 1 amide bonds. The number of carbonyl (C=O) groups is 1. The number of halogens is 2. The molecular formula is C12H16BrClN2O. The van der Waals surface area contributed by atoms with Crippen molar-refractivity contribution < 1.29 is 4.79 Å². The molecule has 0 spiro atoms. The summed E-state index contributed by atoms with van der Waals surface area (Å²) in [4.78, 5) is 11.4. The van der Waals surface area contributed by atoms with E-state index in [1.807, 2.05) is 32.0 Å². The van der Waals surface area contributed by atoms with Gasteiger partial charge < -0.3 is 10.6 Å². The van der Waals surface area contributed by atoms with Gasteiger partial charge in [0.2, 0.25) is 5.91 Å². The van der Waals surface area contributed by atoms with E-state index in [4.69, 9.17) is 11.6 Å². The first kappa shape index (κ1) is 14.3. The van der Waals surface area contributed by atoms with Gasteiger partial charge in [0.25, 0.3) is 0 Å². The van der Waals surface area contributed by atoms with Crippen LogP contribution in [-0.4, -0.2) is 18.5 Å². The molecular weight excluding hydrogens is 304 g/mol. The van der Waals surface area contributed by atoms with Gasteiger partial charge >= 0.3 is 0 Å². The zero-order valence-corrected chi connectivity index (χ0v) is 12.2. The molecule has 0 saturated heterocycles. The lowest BCUT2D eigenvalue weighted by molar-refractivity contribution is -0.121. The Kier molecular flexibility index (Phi) is 5.78. The number of hydrogen-bond donors (Lipinski definition) is 2. The smallest absolute Gasteiger partial charge is 0.221 e. The van der Waals surface area contributed by atoms with Crippen molar-refractivity contribution in [1.29, 1.82) is 0 Å². The summed E-state index contributed by atoms with van der Waals surface area (Å²) < 4.78 is 0.936. The van der Waals surface area contributed by atoms with Gasteiger partial charge in [-0.25, -0.2) is 0 Å². The average molecular weight is 320 g/mol. The lowest BCUT2D eigenvalue weighted by Gasteiger charge is -2.10. The highest BCUT2D eigenvalue weighted by Gasteiger charge is 2.04. The number of carbonyl (C=O) groups excluding carboxylic acids is 1. The summed E-state index contributed by atoms with van der Waals surface area (Å²) in [6.45, 7) is 4.47. The summed E-state index contributed by atoms with van der Waals surface area (Å²) in [5, 5.41) is 6.67. The SMILES string of the molecule is CC(C)NC(=O)CCNc1cc(Cl)ccc1Br. The van der Waals surface area contributed by atoms with E-state index < -0.39 is 0 Å². The van der Waals surface area contributed by atoms with E-state index in [0.717, 1.165) is 10.2 Å². The molecule has 0 aliphatic heterocycles. The van der Waals surface area contributed by atoms with E-state index in [0.29, 0.717) is 18.0 Å².